The molecule has 1 unspecified atom stereocenters. The van der Waals surface area contributed by atoms with Gasteiger partial charge in [-0.1, -0.05) is 6.92 Å². The number of thiol groups is 1. The van der Waals surface area contributed by atoms with Gasteiger partial charge in [0.15, 0.2) is 0 Å². The van der Waals surface area contributed by atoms with Crippen molar-refractivity contribution in [2.45, 2.75) is 19.6 Å². The Balaban J connectivity index is 3.32. The summed E-state index contributed by atoms with van der Waals surface area (Å²) in [5.74, 6) is 0.799. The zero-order valence-electron chi connectivity index (χ0n) is 6.04. The molecule has 0 saturated heterocycles. The van der Waals surface area contributed by atoms with Gasteiger partial charge in [0, 0.05) is 12.3 Å². The Hall–Kier alpha value is 0.270. The third kappa shape index (κ3) is 3.78. The van der Waals surface area contributed by atoms with E-state index in [0.717, 1.165) is 18.7 Å². The maximum Gasteiger partial charge on any atom is 0.106 e. The van der Waals surface area contributed by atoms with Gasteiger partial charge in [-0.05, 0) is 13.5 Å². The molecule has 0 amide bonds. The minimum Gasteiger partial charge on any atom is -0.378 e. The fraction of sp³-hybridized carbons (Fsp3) is 1.00. The molecule has 3 heteroatoms. The van der Waals surface area contributed by atoms with E-state index in [1.165, 1.54) is 0 Å². The van der Waals surface area contributed by atoms with Gasteiger partial charge in [0.25, 0.3) is 0 Å². The molecule has 0 saturated carbocycles. The van der Waals surface area contributed by atoms with Crippen LogP contribution in [0.5, 0.6) is 0 Å². The Morgan fingerprint density at radius 1 is 1.67 bits per heavy atom. The lowest BCUT2D eigenvalue weighted by Crippen LogP contribution is -2.32. The molecule has 0 fully saturated rings. The van der Waals surface area contributed by atoms with Gasteiger partial charge < -0.3 is 5.11 Å². The first-order valence-electron chi connectivity index (χ1n) is 3.21. The van der Waals surface area contributed by atoms with Gasteiger partial charge in [0.1, 0.15) is 6.23 Å². The lowest BCUT2D eigenvalue weighted by molar-refractivity contribution is 0.0241. The SMILES string of the molecule is CCC(O)N(C)CCS. The van der Waals surface area contributed by atoms with Crippen LogP contribution in [0.4, 0.5) is 0 Å². The van der Waals surface area contributed by atoms with Gasteiger partial charge in [0.2, 0.25) is 0 Å². The third-order valence-electron chi connectivity index (χ3n) is 1.33. The first kappa shape index (κ1) is 9.27. The molecule has 0 aromatic heterocycles. The number of aliphatic hydroxyl groups is 1. The van der Waals surface area contributed by atoms with Crippen LogP contribution in [-0.4, -0.2) is 35.6 Å². The van der Waals surface area contributed by atoms with E-state index in [-0.39, 0.29) is 6.23 Å². The van der Waals surface area contributed by atoms with Gasteiger partial charge in [-0.3, -0.25) is 4.90 Å². The molecular formula is C6H15NOS. The zero-order chi connectivity index (χ0) is 7.28. The van der Waals surface area contributed by atoms with Gasteiger partial charge in [-0.15, -0.1) is 0 Å². The summed E-state index contributed by atoms with van der Waals surface area (Å²) < 4.78 is 0. The van der Waals surface area contributed by atoms with E-state index in [1.54, 1.807) is 0 Å². The molecule has 0 spiro atoms. The van der Waals surface area contributed by atoms with Crippen LogP contribution in [0.25, 0.3) is 0 Å². The standard InChI is InChI=1S/C6H15NOS/c1-3-6(8)7(2)4-5-9/h6,8-9H,3-5H2,1-2H3. The molecule has 0 aliphatic carbocycles. The van der Waals surface area contributed by atoms with Crippen LogP contribution < -0.4 is 0 Å². The van der Waals surface area contributed by atoms with Crippen LogP contribution in [0, 0.1) is 0 Å². The van der Waals surface area contributed by atoms with E-state index >= 15 is 0 Å². The summed E-state index contributed by atoms with van der Waals surface area (Å²) in [4.78, 5) is 1.88. The second-order valence-corrected chi connectivity index (χ2v) is 2.54. The lowest BCUT2D eigenvalue weighted by atomic mass is 10.4. The molecule has 2 nitrogen and oxygen atoms in total. The highest BCUT2D eigenvalue weighted by Gasteiger charge is 2.05. The van der Waals surface area contributed by atoms with Gasteiger partial charge in [0.05, 0.1) is 0 Å². The molecular weight excluding hydrogens is 134 g/mol. The highest BCUT2D eigenvalue weighted by atomic mass is 32.1. The quantitative estimate of drug-likeness (QED) is 0.451. The summed E-state index contributed by atoms with van der Waals surface area (Å²) >= 11 is 4.04. The Kier molecular flexibility index (Phi) is 5.24. The number of hydrogen-bond donors (Lipinski definition) is 2. The van der Waals surface area contributed by atoms with E-state index in [2.05, 4.69) is 12.6 Å². The normalized spacial score (nSPS) is 14.3. The minimum atomic E-state index is -0.294. The van der Waals surface area contributed by atoms with Crippen molar-refractivity contribution >= 4 is 12.6 Å². The lowest BCUT2D eigenvalue weighted by Gasteiger charge is -2.20. The molecule has 0 aliphatic heterocycles. The second-order valence-electron chi connectivity index (χ2n) is 2.09. The molecule has 0 aromatic carbocycles. The predicted molar refractivity (Wildman–Crippen MR) is 42.8 cm³/mol. The van der Waals surface area contributed by atoms with Crippen molar-refractivity contribution in [1.82, 2.24) is 4.90 Å². The summed E-state index contributed by atoms with van der Waals surface area (Å²) in [6.45, 7) is 2.80. The predicted octanol–water partition coefficient (Wildman–Crippen LogP) is 0.576. The fourth-order valence-corrected chi connectivity index (χ4v) is 0.934. The number of hydrogen-bond acceptors (Lipinski definition) is 3. The van der Waals surface area contributed by atoms with Crippen molar-refractivity contribution in [2.75, 3.05) is 19.3 Å². The van der Waals surface area contributed by atoms with Crippen molar-refractivity contribution in [3.8, 4) is 0 Å². The summed E-state index contributed by atoms with van der Waals surface area (Å²) in [5.41, 5.74) is 0. The molecule has 0 heterocycles. The molecule has 0 radical (unpaired) electrons. The number of aliphatic hydroxyl groups excluding tert-OH is 1. The Labute approximate surface area is 62.3 Å². The van der Waals surface area contributed by atoms with E-state index < -0.39 is 0 Å². The Bertz CT molecular complexity index is 70.1. The van der Waals surface area contributed by atoms with Crippen molar-refractivity contribution in [3.63, 3.8) is 0 Å². The zero-order valence-corrected chi connectivity index (χ0v) is 6.93. The van der Waals surface area contributed by atoms with Crippen molar-refractivity contribution in [1.29, 1.82) is 0 Å². The molecule has 0 rings (SSSR count). The Morgan fingerprint density at radius 2 is 2.22 bits per heavy atom. The molecule has 1 N–H and O–H groups in total. The molecule has 1 atom stereocenters. The largest absolute Gasteiger partial charge is 0.378 e. The minimum absolute atomic E-state index is 0.294. The highest BCUT2D eigenvalue weighted by Crippen LogP contribution is 1.95. The van der Waals surface area contributed by atoms with E-state index in [9.17, 15) is 0 Å². The Morgan fingerprint density at radius 3 is 2.56 bits per heavy atom. The van der Waals surface area contributed by atoms with E-state index in [4.69, 9.17) is 5.11 Å². The average Bonchev–Trinajstić information content (AvgIpc) is 1.87. The van der Waals surface area contributed by atoms with Crippen molar-refractivity contribution in [3.05, 3.63) is 0 Å². The van der Waals surface area contributed by atoms with E-state index in [1.807, 2.05) is 18.9 Å². The maximum atomic E-state index is 9.15. The maximum absolute atomic E-state index is 9.15. The van der Waals surface area contributed by atoms with Gasteiger partial charge >= 0.3 is 0 Å². The summed E-state index contributed by atoms with van der Waals surface area (Å²) in [7, 11) is 1.89. The summed E-state index contributed by atoms with van der Waals surface area (Å²) in [6.07, 6.45) is 0.488. The van der Waals surface area contributed by atoms with Crippen molar-refractivity contribution < 1.29 is 5.11 Å². The van der Waals surface area contributed by atoms with Crippen LogP contribution in [0.1, 0.15) is 13.3 Å². The van der Waals surface area contributed by atoms with Crippen LogP contribution in [0.3, 0.4) is 0 Å². The highest BCUT2D eigenvalue weighted by molar-refractivity contribution is 7.80. The molecule has 0 bridgehead atoms. The molecule has 0 aliphatic rings. The third-order valence-corrected chi connectivity index (χ3v) is 1.53. The average molecular weight is 149 g/mol. The second kappa shape index (κ2) is 5.09. The smallest absolute Gasteiger partial charge is 0.106 e. The van der Waals surface area contributed by atoms with Crippen LogP contribution in [0.15, 0.2) is 0 Å². The van der Waals surface area contributed by atoms with Gasteiger partial charge in [-0.2, -0.15) is 12.6 Å². The first-order valence-corrected chi connectivity index (χ1v) is 3.84. The monoisotopic (exact) mass is 149 g/mol. The van der Waals surface area contributed by atoms with Crippen LogP contribution >= 0.6 is 12.6 Å². The van der Waals surface area contributed by atoms with Crippen LogP contribution in [0.2, 0.25) is 0 Å². The van der Waals surface area contributed by atoms with Crippen LogP contribution in [-0.2, 0) is 0 Å². The number of nitrogens with zero attached hydrogens (tertiary/aromatic N) is 1. The van der Waals surface area contributed by atoms with Crippen molar-refractivity contribution in [2.24, 2.45) is 0 Å². The summed E-state index contributed by atoms with van der Waals surface area (Å²) in [5, 5.41) is 9.15. The molecule has 9 heavy (non-hydrogen) atoms. The molecule has 0 aromatic rings. The van der Waals surface area contributed by atoms with E-state index in [0.29, 0.717) is 0 Å². The van der Waals surface area contributed by atoms with Gasteiger partial charge in [-0.25, -0.2) is 0 Å². The summed E-state index contributed by atoms with van der Waals surface area (Å²) in [6, 6.07) is 0. The topological polar surface area (TPSA) is 23.5 Å². The first-order chi connectivity index (χ1) is 4.22. The number of rotatable bonds is 4. The fourth-order valence-electron chi connectivity index (χ4n) is 0.618. The molecule has 56 valence electrons.